The molecule has 3 aromatic carbocycles. The lowest BCUT2D eigenvalue weighted by molar-refractivity contribution is 0.602. The summed E-state index contributed by atoms with van der Waals surface area (Å²) in [5, 5.41) is 4.78. The molecule has 0 spiro atoms. The highest BCUT2D eigenvalue weighted by Crippen LogP contribution is 2.26. The maximum absolute atomic E-state index is 13.0. The van der Waals surface area contributed by atoms with E-state index in [9.17, 15) is 8.42 Å². The summed E-state index contributed by atoms with van der Waals surface area (Å²) in [6.45, 7) is 1.98. The van der Waals surface area contributed by atoms with Crippen LogP contribution in [0.25, 0.3) is 16.8 Å². The molecule has 4 aromatic rings. The second-order valence-corrected chi connectivity index (χ2v) is 8.40. The number of sulfonamides is 1. The van der Waals surface area contributed by atoms with E-state index in [1.54, 1.807) is 42.7 Å². The minimum atomic E-state index is -3.73. The number of nitrogens with zero attached hydrogens (tertiary/aromatic N) is 1. The SMILES string of the molecule is CC=Cc1ccccc1Nc1ccc(NS(=O)(=O)c2cccc3cnccc23)cc1. The van der Waals surface area contributed by atoms with Crippen LogP contribution in [0.1, 0.15) is 12.5 Å². The van der Waals surface area contributed by atoms with Gasteiger partial charge in [-0.1, -0.05) is 42.5 Å². The fourth-order valence-corrected chi connectivity index (χ4v) is 4.54. The van der Waals surface area contributed by atoms with Crippen molar-refractivity contribution in [1.82, 2.24) is 4.98 Å². The van der Waals surface area contributed by atoms with Crippen LogP contribution < -0.4 is 10.0 Å². The molecule has 6 heteroatoms. The Morgan fingerprint density at radius 3 is 2.43 bits per heavy atom. The van der Waals surface area contributed by atoms with Crippen LogP contribution in [0.5, 0.6) is 0 Å². The molecular formula is C24H21N3O2S. The van der Waals surface area contributed by atoms with E-state index in [1.165, 1.54) is 0 Å². The Morgan fingerprint density at radius 2 is 1.63 bits per heavy atom. The molecule has 0 radical (unpaired) electrons. The van der Waals surface area contributed by atoms with Gasteiger partial charge in [-0.05, 0) is 55.0 Å². The van der Waals surface area contributed by atoms with Crippen molar-refractivity contribution < 1.29 is 8.42 Å². The standard InChI is InChI=1S/C24H21N3O2S/c1-2-6-18-7-3-4-9-23(18)26-20-11-13-21(14-12-20)27-30(28,29)24-10-5-8-19-17-25-16-15-22(19)24/h2-17,26-27H,1H3. The minimum Gasteiger partial charge on any atom is -0.355 e. The van der Waals surface area contributed by atoms with Gasteiger partial charge in [0.1, 0.15) is 0 Å². The Balaban J connectivity index is 1.56. The fraction of sp³-hybridized carbons (Fsp3) is 0.0417. The summed E-state index contributed by atoms with van der Waals surface area (Å²) in [5.41, 5.74) is 3.42. The van der Waals surface area contributed by atoms with Crippen molar-refractivity contribution in [3.8, 4) is 0 Å². The summed E-state index contributed by atoms with van der Waals surface area (Å²) in [6.07, 6.45) is 7.26. The van der Waals surface area contributed by atoms with E-state index < -0.39 is 10.0 Å². The highest BCUT2D eigenvalue weighted by molar-refractivity contribution is 7.93. The number of benzene rings is 3. The summed E-state index contributed by atoms with van der Waals surface area (Å²) in [7, 11) is -3.73. The summed E-state index contributed by atoms with van der Waals surface area (Å²) in [5.74, 6) is 0. The van der Waals surface area contributed by atoms with Crippen molar-refractivity contribution in [1.29, 1.82) is 0 Å². The van der Waals surface area contributed by atoms with Crippen LogP contribution in [0.15, 0.2) is 96.2 Å². The highest BCUT2D eigenvalue weighted by Gasteiger charge is 2.17. The molecular weight excluding hydrogens is 394 g/mol. The predicted molar refractivity (Wildman–Crippen MR) is 123 cm³/mol. The zero-order valence-corrected chi connectivity index (χ0v) is 17.2. The summed E-state index contributed by atoms with van der Waals surface area (Å²) in [4.78, 5) is 4.28. The Morgan fingerprint density at radius 1 is 0.867 bits per heavy atom. The van der Waals surface area contributed by atoms with Gasteiger partial charge in [0.15, 0.2) is 0 Å². The van der Waals surface area contributed by atoms with Crippen LogP contribution in [0, 0.1) is 0 Å². The second kappa shape index (κ2) is 8.39. The number of hydrogen-bond acceptors (Lipinski definition) is 4. The first-order chi connectivity index (χ1) is 14.6. The van der Waals surface area contributed by atoms with Gasteiger partial charge in [-0.15, -0.1) is 0 Å². The fourth-order valence-electron chi connectivity index (χ4n) is 3.25. The van der Waals surface area contributed by atoms with Gasteiger partial charge in [-0.25, -0.2) is 8.42 Å². The highest BCUT2D eigenvalue weighted by atomic mass is 32.2. The maximum Gasteiger partial charge on any atom is 0.262 e. The third kappa shape index (κ3) is 4.18. The van der Waals surface area contributed by atoms with Gasteiger partial charge in [0.25, 0.3) is 10.0 Å². The Kier molecular flexibility index (Phi) is 5.50. The summed E-state index contributed by atoms with van der Waals surface area (Å²) in [6, 6.07) is 22.0. The third-order valence-electron chi connectivity index (χ3n) is 4.65. The van der Waals surface area contributed by atoms with Gasteiger partial charge in [0.2, 0.25) is 0 Å². The van der Waals surface area contributed by atoms with E-state index in [0.29, 0.717) is 11.1 Å². The Labute approximate surface area is 176 Å². The first-order valence-corrected chi connectivity index (χ1v) is 11.0. The number of pyridine rings is 1. The minimum absolute atomic E-state index is 0.227. The molecule has 0 aliphatic carbocycles. The molecule has 0 aliphatic rings. The Hall–Kier alpha value is -3.64. The molecule has 4 rings (SSSR count). The molecule has 0 bridgehead atoms. The van der Waals surface area contributed by atoms with Crippen LogP contribution in [0.2, 0.25) is 0 Å². The van der Waals surface area contributed by atoms with Gasteiger partial charge in [0, 0.05) is 40.2 Å². The molecule has 0 atom stereocenters. The largest absolute Gasteiger partial charge is 0.355 e. The molecule has 0 aliphatic heterocycles. The van der Waals surface area contributed by atoms with Crippen molar-refractivity contribution in [3.63, 3.8) is 0 Å². The molecule has 1 heterocycles. The molecule has 1 aromatic heterocycles. The van der Waals surface area contributed by atoms with E-state index in [1.807, 2.05) is 61.5 Å². The molecule has 30 heavy (non-hydrogen) atoms. The zero-order chi connectivity index (χ0) is 21.0. The van der Waals surface area contributed by atoms with Crippen LogP contribution in [-0.4, -0.2) is 13.4 Å². The van der Waals surface area contributed by atoms with Crippen LogP contribution in [-0.2, 0) is 10.0 Å². The van der Waals surface area contributed by atoms with Gasteiger partial charge in [-0.3, -0.25) is 9.71 Å². The van der Waals surface area contributed by atoms with Gasteiger partial charge < -0.3 is 5.32 Å². The van der Waals surface area contributed by atoms with Crippen molar-refractivity contribution in [2.45, 2.75) is 11.8 Å². The van der Waals surface area contributed by atoms with Gasteiger partial charge in [0.05, 0.1) is 4.90 Å². The first kappa shape index (κ1) is 19.7. The maximum atomic E-state index is 13.0. The van der Waals surface area contributed by atoms with E-state index in [-0.39, 0.29) is 4.90 Å². The average molecular weight is 416 g/mol. The quantitative estimate of drug-likeness (QED) is 0.417. The normalized spacial score (nSPS) is 11.6. The molecule has 5 nitrogen and oxygen atoms in total. The Bertz CT molecular complexity index is 1310. The van der Waals surface area contributed by atoms with Crippen LogP contribution in [0.4, 0.5) is 17.1 Å². The summed E-state index contributed by atoms with van der Waals surface area (Å²) >= 11 is 0. The smallest absolute Gasteiger partial charge is 0.262 e. The number of anilines is 3. The molecule has 0 saturated heterocycles. The molecule has 0 unspecified atom stereocenters. The average Bonchev–Trinajstić information content (AvgIpc) is 2.76. The van der Waals surface area contributed by atoms with Crippen LogP contribution in [0.3, 0.4) is 0 Å². The molecule has 0 saturated carbocycles. The third-order valence-corrected chi connectivity index (χ3v) is 6.09. The topological polar surface area (TPSA) is 71.1 Å². The van der Waals surface area contributed by atoms with E-state index in [0.717, 1.165) is 22.3 Å². The number of allylic oxidation sites excluding steroid dienone is 1. The number of para-hydroxylation sites is 1. The zero-order valence-electron chi connectivity index (χ0n) is 16.4. The number of nitrogens with one attached hydrogen (secondary N) is 2. The van der Waals surface area contributed by atoms with E-state index >= 15 is 0 Å². The van der Waals surface area contributed by atoms with Gasteiger partial charge in [-0.2, -0.15) is 0 Å². The number of aromatic nitrogens is 1. The number of rotatable bonds is 6. The monoisotopic (exact) mass is 415 g/mol. The number of hydrogen-bond donors (Lipinski definition) is 2. The predicted octanol–water partition coefficient (Wildman–Crippen LogP) is 5.81. The summed E-state index contributed by atoms with van der Waals surface area (Å²) < 4.78 is 28.6. The molecule has 2 N–H and O–H groups in total. The molecule has 0 fully saturated rings. The molecule has 0 amide bonds. The van der Waals surface area contributed by atoms with Crippen LogP contribution >= 0.6 is 0 Å². The van der Waals surface area contributed by atoms with Crippen molar-refractivity contribution in [2.24, 2.45) is 0 Å². The van der Waals surface area contributed by atoms with E-state index in [4.69, 9.17) is 0 Å². The lowest BCUT2D eigenvalue weighted by atomic mass is 10.1. The molecule has 150 valence electrons. The van der Waals surface area contributed by atoms with Crippen molar-refractivity contribution in [3.05, 3.63) is 96.8 Å². The van der Waals surface area contributed by atoms with Crippen molar-refractivity contribution >= 4 is 43.9 Å². The van der Waals surface area contributed by atoms with Crippen molar-refractivity contribution in [2.75, 3.05) is 10.0 Å². The second-order valence-electron chi connectivity index (χ2n) is 6.75. The number of fused-ring (bicyclic) bond motifs is 1. The first-order valence-electron chi connectivity index (χ1n) is 9.51. The van der Waals surface area contributed by atoms with Gasteiger partial charge >= 0.3 is 0 Å². The lowest BCUT2D eigenvalue weighted by Crippen LogP contribution is -2.13. The van der Waals surface area contributed by atoms with E-state index in [2.05, 4.69) is 15.0 Å². The lowest BCUT2D eigenvalue weighted by Gasteiger charge is -2.12.